The van der Waals surface area contributed by atoms with Crippen molar-refractivity contribution in [3.63, 3.8) is 0 Å². The molecule has 0 rings (SSSR count). The maximum absolute atomic E-state index is 14.0. The molecule has 12 amide bonds. The number of rotatable bonds is 36. The van der Waals surface area contributed by atoms with Crippen molar-refractivity contribution in [2.75, 3.05) is 32.8 Å². The van der Waals surface area contributed by atoms with Gasteiger partial charge in [0.25, 0.3) is 5.91 Å². The molecule has 0 radical (unpaired) electrons. The van der Waals surface area contributed by atoms with Gasteiger partial charge < -0.3 is 113 Å². The van der Waals surface area contributed by atoms with E-state index in [2.05, 4.69) is 57.8 Å². The van der Waals surface area contributed by atoms with Crippen LogP contribution < -0.4 is 87.6 Å². The van der Waals surface area contributed by atoms with E-state index in [-0.39, 0.29) is 50.7 Å². The van der Waals surface area contributed by atoms with E-state index in [1.165, 1.54) is 0 Å². The molecule has 36 nitrogen and oxygen atoms in total. The molecule has 78 heavy (non-hydrogen) atoms. The van der Waals surface area contributed by atoms with Crippen LogP contribution in [0.3, 0.4) is 0 Å². The number of aliphatic imine (C=N–C) groups is 2. The van der Waals surface area contributed by atoms with Gasteiger partial charge >= 0.3 is 0 Å². The molecule has 0 bridgehead atoms. The first kappa shape index (κ1) is 69.7. The number of amides is 12. The van der Waals surface area contributed by atoms with Crippen LogP contribution in [-0.2, 0) is 62.3 Å². The number of nitrogens with two attached hydrogens (primary N) is 6. The number of hydrogen-bond acceptors (Lipinski definition) is 20. The normalized spacial score (nSPS) is 15.4. The lowest BCUT2D eigenvalue weighted by atomic mass is 10.0. The minimum Gasteiger partial charge on any atom is -0.394 e. The van der Waals surface area contributed by atoms with Gasteiger partial charge in [-0.05, 0) is 53.4 Å². The van der Waals surface area contributed by atoms with Crippen LogP contribution in [0.15, 0.2) is 9.98 Å². The highest BCUT2D eigenvalue weighted by atomic mass is 16.3. The summed E-state index contributed by atoms with van der Waals surface area (Å²) in [6.45, 7) is 2.04. The number of nitrogens with one attached hydrogen (secondary N) is 10. The highest BCUT2D eigenvalue weighted by molar-refractivity contribution is 6.38. The molecule has 0 aliphatic heterocycles. The maximum atomic E-state index is 14.0. The fraction of sp³-hybridized carbons (Fsp3) is 0.643. The lowest BCUT2D eigenvalue weighted by Gasteiger charge is -2.28. The summed E-state index contributed by atoms with van der Waals surface area (Å²) in [6, 6.07) is -14.1. The van der Waals surface area contributed by atoms with Crippen LogP contribution in [0.25, 0.3) is 0 Å². The molecular weight excluding hydrogens is 1040 g/mol. The van der Waals surface area contributed by atoms with Crippen LogP contribution in [-0.4, -0.2) is 220 Å². The second kappa shape index (κ2) is 35.1. The lowest BCUT2D eigenvalue weighted by molar-refractivity contribution is -0.141. The van der Waals surface area contributed by atoms with Crippen LogP contribution in [0.2, 0.25) is 0 Å². The van der Waals surface area contributed by atoms with Gasteiger partial charge in [-0.3, -0.25) is 72.3 Å². The molecular formula is C42H74N18O18. The molecule has 0 aromatic rings. The van der Waals surface area contributed by atoms with Gasteiger partial charge in [-0.1, -0.05) is 0 Å². The average Bonchev–Trinajstić information content (AvgIpc) is 3.33. The molecule has 27 N–H and O–H groups in total. The Morgan fingerprint density at radius 2 is 0.833 bits per heavy atom. The number of Topliss-reactive ketones (excluding diaryl/α,β-unsaturated/α-hetero) is 1. The molecule has 0 saturated heterocycles. The highest BCUT2D eigenvalue weighted by Gasteiger charge is 2.37. The van der Waals surface area contributed by atoms with E-state index < -0.39 is 176 Å². The van der Waals surface area contributed by atoms with Gasteiger partial charge in [-0.25, -0.2) is 0 Å². The van der Waals surface area contributed by atoms with E-state index in [4.69, 9.17) is 34.4 Å². The molecule has 0 saturated carbocycles. The van der Waals surface area contributed by atoms with Gasteiger partial charge in [0.2, 0.25) is 70.8 Å². The van der Waals surface area contributed by atoms with Crippen molar-refractivity contribution in [2.24, 2.45) is 44.4 Å². The van der Waals surface area contributed by atoms with Crippen molar-refractivity contribution in [3.05, 3.63) is 0 Å². The molecule has 0 aliphatic carbocycles. The summed E-state index contributed by atoms with van der Waals surface area (Å²) in [5.41, 5.74) is 31.7. The Morgan fingerprint density at radius 1 is 0.449 bits per heavy atom. The quantitative estimate of drug-likeness (QED) is 0.0120. The number of aliphatic hydroxyl groups is 5. The molecule has 0 unspecified atom stereocenters. The Morgan fingerprint density at radius 3 is 1.27 bits per heavy atom. The van der Waals surface area contributed by atoms with Crippen LogP contribution in [0.1, 0.15) is 66.7 Å². The molecule has 0 fully saturated rings. The van der Waals surface area contributed by atoms with E-state index in [0.717, 1.165) is 34.6 Å². The Hall–Kier alpha value is -8.35. The minimum atomic E-state index is -1.98. The smallest absolute Gasteiger partial charge is 0.290 e. The Labute approximate surface area is 445 Å². The highest BCUT2D eigenvalue weighted by Crippen LogP contribution is 2.08. The fourth-order valence-corrected chi connectivity index (χ4v) is 6.45. The summed E-state index contributed by atoms with van der Waals surface area (Å²) in [5, 5.41) is 72.5. The van der Waals surface area contributed by atoms with Crippen molar-refractivity contribution in [1.29, 1.82) is 0 Å². The van der Waals surface area contributed by atoms with Crippen molar-refractivity contribution in [1.82, 2.24) is 53.2 Å². The van der Waals surface area contributed by atoms with Gasteiger partial charge in [0, 0.05) is 20.0 Å². The molecule has 0 aromatic heterocycles. The average molecular weight is 1120 g/mol. The molecule has 12 atom stereocenters. The number of hydrogen-bond donors (Lipinski definition) is 21. The summed E-state index contributed by atoms with van der Waals surface area (Å²) >= 11 is 0. The minimum absolute atomic E-state index is 0.0611. The molecule has 0 aliphatic rings. The van der Waals surface area contributed by atoms with Crippen LogP contribution in [0.4, 0.5) is 0 Å². The zero-order chi connectivity index (χ0) is 60.1. The standard InChI is InChI=1S/C42H74N18O18/c1-16(62)28(36(74)51-13-26(68)54-23(33(44)71)12-25(43)67)58-27(69)14-52-40(78)32(70)21(8-6-10-49-41(45)46)55-34(72)22(9-7-11-50-42(47)48)56-37(75)30(18(3)64)59-35(73)24(15-61)57-38(76)31(19(4)65)60-39(77)29(17(2)63)53-20(5)66/h16-19,21-24,28-31,61-65H,6-15H2,1-5H3,(H2,43,67)(H2,44,71)(H,51,74)(H,52,78)(H,53,66)(H,54,68)(H,55,72)(H,56,75)(H,57,76)(H,58,69)(H,59,73)(H,60,77)(H4,45,46,49)(H4,47,48,50)/t16-,17-,18-,19-,21+,22+,23+,24+,28+,29+,30+,31+/m1/s1. The number of primary amides is 2. The van der Waals surface area contributed by atoms with Crippen molar-refractivity contribution >= 4 is 88.6 Å². The molecule has 36 heteroatoms. The van der Waals surface area contributed by atoms with E-state index in [9.17, 15) is 87.9 Å². The van der Waals surface area contributed by atoms with E-state index in [1.807, 2.05) is 5.32 Å². The van der Waals surface area contributed by atoms with Gasteiger partial charge in [0.05, 0.1) is 56.6 Å². The number of carbonyl (C=O) groups excluding carboxylic acids is 13. The fourth-order valence-electron chi connectivity index (χ4n) is 6.45. The number of nitrogens with zero attached hydrogens (tertiary/aromatic N) is 2. The maximum Gasteiger partial charge on any atom is 0.290 e. The Bertz CT molecular complexity index is 2200. The van der Waals surface area contributed by atoms with Crippen molar-refractivity contribution < 1.29 is 87.9 Å². The monoisotopic (exact) mass is 1120 g/mol. The first-order valence-electron chi connectivity index (χ1n) is 23.7. The summed E-state index contributed by atoms with van der Waals surface area (Å²) in [4.78, 5) is 174. The van der Waals surface area contributed by atoms with E-state index in [0.29, 0.717) is 0 Å². The molecule has 0 spiro atoms. The van der Waals surface area contributed by atoms with E-state index >= 15 is 0 Å². The first-order chi connectivity index (χ1) is 36.2. The van der Waals surface area contributed by atoms with Gasteiger partial charge in [0.15, 0.2) is 11.9 Å². The first-order valence-corrected chi connectivity index (χ1v) is 23.7. The predicted molar refractivity (Wildman–Crippen MR) is 269 cm³/mol. The van der Waals surface area contributed by atoms with Crippen LogP contribution in [0.5, 0.6) is 0 Å². The largest absolute Gasteiger partial charge is 0.394 e. The Kier molecular flexibility index (Phi) is 31.3. The van der Waals surface area contributed by atoms with Crippen LogP contribution in [0, 0.1) is 0 Å². The molecule has 0 heterocycles. The zero-order valence-electron chi connectivity index (χ0n) is 43.4. The Balaban J connectivity index is 6.43. The molecule has 440 valence electrons. The van der Waals surface area contributed by atoms with Crippen molar-refractivity contribution in [2.45, 2.75) is 139 Å². The molecule has 0 aromatic carbocycles. The third-order valence-corrected chi connectivity index (χ3v) is 10.4. The van der Waals surface area contributed by atoms with E-state index in [1.54, 1.807) is 0 Å². The third-order valence-electron chi connectivity index (χ3n) is 10.4. The lowest BCUT2D eigenvalue weighted by Crippen LogP contribution is -2.63. The third kappa shape index (κ3) is 26.9. The zero-order valence-corrected chi connectivity index (χ0v) is 43.4. The van der Waals surface area contributed by atoms with Gasteiger partial charge in [-0.2, -0.15) is 0 Å². The number of aliphatic hydroxyl groups excluding tert-OH is 5. The van der Waals surface area contributed by atoms with Gasteiger partial charge in [-0.15, -0.1) is 0 Å². The number of guanidine groups is 2. The van der Waals surface area contributed by atoms with Crippen molar-refractivity contribution in [3.8, 4) is 0 Å². The SMILES string of the molecule is CC(=O)N[C@H](C(=O)N[C@H](C(=O)N[C@@H](CO)C(=O)N[C@H](C(=O)N[C@@H](CCCN=C(N)N)C(=O)N[C@@H](CCCN=C(N)N)C(=O)C(=O)NCC(=O)N[C@H](C(=O)NCC(=O)N[C@@H](CC(N)=O)C(N)=O)[C@@H](C)O)[C@@H](C)O)[C@@H](C)O)[C@@H](C)O. The summed E-state index contributed by atoms with van der Waals surface area (Å²) in [7, 11) is 0. The summed E-state index contributed by atoms with van der Waals surface area (Å²) in [5.74, 6) is -15.9. The topological polar surface area (TPSA) is 624 Å². The second-order valence-electron chi connectivity index (χ2n) is 17.4. The summed E-state index contributed by atoms with van der Waals surface area (Å²) < 4.78 is 0. The summed E-state index contributed by atoms with van der Waals surface area (Å²) in [6.07, 6.45) is -8.08. The number of carbonyl (C=O) groups is 13. The predicted octanol–water partition coefficient (Wildman–Crippen LogP) is -13.3. The number of ketones is 1. The van der Waals surface area contributed by atoms with Crippen LogP contribution >= 0.6 is 0 Å². The second-order valence-corrected chi connectivity index (χ2v) is 17.4. The van der Waals surface area contributed by atoms with Gasteiger partial charge in [0.1, 0.15) is 42.3 Å².